The van der Waals surface area contributed by atoms with Crippen LogP contribution in [0.5, 0.6) is 0 Å². The number of carbonyl (C=O) groups is 1. The molecule has 0 unspecified atom stereocenters. The number of halogens is 2. The Morgan fingerprint density at radius 2 is 1.90 bits per heavy atom. The molecule has 0 aromatic heterocycles. The molecular weight excluding hydrogens is 279 g/mol. The average Bonchev–Trinajstić information content (AvgIpc) is 2.47. The molecule has 0 aliphatic rings. The molecule has 2 aromatic carbocycles. The summed E-state index contributed by atoms with van der Waals surface area (Å²) in [7, 11) is 1.55. The standard InChI is InChI=1S/C15H14ClFN2O/c1-18-15(20)13-8-12(6-7-14(13)16)19-9-10-2-4-11(17)5-3-10/h2-8,19H,9H2,1H3,(H,18,20). The Labute approximate surface area is 121 Å². The molecular formula is C15H14ClFN2O. The fourth-order valence-corrected chi connectivity index (χ4v) is 1.95. The second-order valence-electron chi connectivity index (χ2n) is 4.25. The molecule has 0 saturated carbocycles. The summed E-state index contributed by atoms with van der Waals surface area (Å²) in [6.45, 7) is 0.537. The summed E-state index contributed by atoms with van der Waals surface area (Å²) in [5, 5.41) is 6.10. The van der Waals surface area contributed by atoms with Crippen LogP contribution in [-0.4, -0.2) is 13.0 Å². The molecule has 0 heterocycles. The first-order valence-electron chi connectivity index (χ1n) is 6.10. The van der Waals surface area contributed by atoms with E-state index in [1.807, 2.05) is 0 Å². The summed E-state index contributed by atoms with van der Waals surface area (Å²) >= 11 is 5.97. The number of benzene rings is 2. The van der Waals surface area contributed by atoms with Gasteiger partial charge in [-0.2, -0.15) is 0 Å². The van der Waals surface area contributed by atoms with Crippen LogP contribution in [0, 0.1) is 5.82 Å². The molecule has 0 aliphatic carbocycles. The predicted molar refractivity (Wildman–Crippen MR) is 78.6 cm³/mol. The molecule has 0 bridgehead atoms. The molecule has 0 atom stereocenters. The van der Waals surface area contributed by atoms with Crippen molar-refractivity contribution in [2.75, 3.05) is 12.4 Å². The summed E-state index contributed by atoms with van der Waals surface area (Å²) in [5.41, 5.74) is 2.14. The fourth-order valence-electron chi connectivity index (χ4n) is 1.75. The second kappa shape index (κ2) is 6.39. The molecule has 104 valence electrons. The average molecular weight is 293 g/mol. The van der Waals surface area contributed by atoms with Crippen molar-refractivity contribution in [3.63, 3.8) is 0 Å². The van der Waals surface area contributed by atoms with Gasteiger partial charge in [-0.3, -0.25) is 4.79 Å². The highest BCUT2D eigenvalue weighted by atomic mass is 35.5. The molecule has 2 aromatic rings. The molecule has 0 aliphatic heterocycles. The van der Waals surface area contributed by atoms with Gasteiger partial charge < -0.3 is 10.6 Å². The monoisotopic (exact) mass is 292 g/mol. The first kappa shape index (κ1) is 14.3. The summed E-state index contributed by atoms with van der Waals surface area (Å²) in [6.07, 6.45) is 0. The van der Waals surface area contributed by atoms with Gasteiger partial charge in [-0.1, -0.05) is 23.7 Å². The van der Waals surface area contributed by atoms with E-state index in [4.69, 9.17) is 11.6 Å². The number of carbonyl (C=O) groups excluding carboxylic acids is 1. The normalized spacial score (nSPS) is 10.2. The number of anilines is 1. The summed E-state index contributed by atoms with van der Waals surface area (Å²) in [5.74, 6) is -0.498. The molecule has 0 radical (unpaired) electrons. The molecule has 0 saturated heterocycles. The van der Waals surface area contributed by atoms with Gasteiger partial charge in [-0.25, -0.2) is 4.39 Å². The largest absolute Gasteiger partial charge is 0.381 e. The lowest BCUT2D eigenvalue weighted by Gasteiger charge is -2.09. The molecule has 0 fully saturated rings. The van der Waals surface area contributed by atoms with Crippen LogP contribution in [-0.2, 0) is 6.54 Å². The van der Waals surface area contributed by atoms with E-state index in [0.717, 1.165) is 11.3 Å². The van der Waals surface area contributed by atoms with Crippen LogP contribution in [0.1, 0.15) is 15.9 Å². The van der Waals surface area contributed by atoms with Crippen molar-refractivity contribution in [3.05, 3.63) is 64.4 Å². The first-order valence-corrected chi connectivity index (χ1v) is 6.48. The van der Waals surface area contributed by atoms with Gasteiger partial charge >= 0.3 is 0 Å². The first-order chi connectivity index (χ1) is 9.60. The Bertz CT molecular complexity index is 614. The molecule has 2 N–H and O–H groups in total. The third kappa shape index (κ3) is 3.48. The van der Waals surface area contributed by atoms with Gasteiger partial charge in [0.25, 0.3) is 5.91 Å². The Morgan fingerprint density at radius 1 is 1.20 bits per heavy atom. The minimum atomic E-state index is -0.262. The maximum Gasteiger partial charge on any atom is 0.252 e. The molecule has 5 heteroatoms. The molecule has 0 spiro atoms. The van der Waals surface area contributed by atoms with Crippen molar-refractivity contribution in [3.8, 4) is 0 Å². The molecule has 20 heavy (non-hydrogen) atoms. The fraction of sp³-hybridized carbons (Fsp3) is 0.133. The maximum atomic E-state index is 12.8. The van der Waals surface area contributed by atoms with Gasteiger partial charge in [-0.15, -0.1) is 0 Å². The third-order valence-corrected chi connectivity index (χ3v) is 3.18. The van der Waals surface area contributed by atoms with E-state index in [1.165, 1.54) is 12.1 Å². The Kier molecular flexibility index (Phi) is 4.58. The van der Waals surface area contributed by atoms with Crippen LogP contribution in [0.4, 0.5) is 10.1 Å². The van der Waals surface area contributed by atoms with Gasteiger partial charge in [-0.05, 0) is 35.9 Å². The van der Waals surface area contributed by atoms with Crippen LogP contribution in [0.3, 0.4) is 0 Å². The third-order valence-electron chi connectivity index (χ3n) is 2.85. The van der Waals surface area contributed by atoms with Crippen molar-refractivity contribution in [2.45, 2.75) is 6.54 Å². The highest BCUT2D eigenvalue weighted by Gasteiger charge is 2.09. The number of rotatable bonds is 4. The van der Waals surface area contributed by atoms with E-state index >= 15 is 0 Å². The molecule has 2 rings (SSSR count). The van der Waals surface area contributed by atoms with E-state index in [2.05, 4.69) is 10.6 Å². The SMILES string of the molecule is CNC(=O)c1cc(NCc2ccc(F)cc2)ccc1Cl. The van der Waals surface area contributed by atoms with Gasteiger partial charge in [0.2, 0.25) is 0 Å². The topological polar surface area (TPSA) is 41.1 Å². The highest BCUT2D eigenvalue weighted by molar-refractivity contribution is 6.34. The number of amides is 1. The van der Waals surface area contributed by atoms with Crippen LogP contribution < -0.4 is 10.6 Å². The lowest BCUT2D eigenvalue weighted by molar-refractivity contribution is 0.0963. The van der Waals surface area contributed by atoms with Gasteiger partial charge in [0.15, 0.2) is 0 Å². The van der Waals surface area contributed by atoms with Crippen LogP contribution in [0.25, 0.3) is 0 Å². The van der Waals surface area contributed by atoms with Crippen LogP contribution >= 0.6 is 11.6 Å². The minimum Gasteiger partial charge on any atom is -0.381 e. The highest BCUT2D eigenvalue weighted by Crippen LogP contribution is 2.21. The Morgan fingerprint density at radius 3 is 2.55 bits per heavy atom. The van der Waals surface area contributed by atoms with Crippen molar-refractivity contribution in [1.29, 1.82) is 0 Å². The maximum absolute atomic E-state index is 12.8. The zero-order valence-electron chi connectivity index (χ0n) is 10.9. The van der Waals surface area contributed by atoms with Gasteiger partial charge in [0, 0.05) is 19.3 Å². The molecule has 1 amide bonds. The summed E-state index contributed by atoms with van der Waals surface area (Å²) in [6, 6.07) is 11.4. The van der Waals surface area contributed by atoms with E-state index in [0.29, 0.717) is 17.1 Å². The van der Waals surface area contributed by atoms with Gasteiger partial charge in [0.05, 0.1) is 10.6 Å². The van der Waals surface area contributed by atoms with E-state index in [1.54, 1.807) is 37.4 Å². The second-order valence-corrected chi connectivity index (χ2v) is 4.66. The number of nitrogens with one attached hydrogen (secondary N) is 2. The molecule has 3 nitrogen and oxygen atoms in total. The van der Waals surface area contributed by atoms with Crippen LogP contribution in [0.2, 0.25) is 5.02 Å². The van der Waals surface area contributed by atoms with Crippen LogP contribution in [0.15, 0.2) is 42.5 Å². The summed E-state index contributed by atoms with van der Waals surface area (Å²) in [4.78, 5) is 11.6. The number of hydrogen-bond donors (Lipinski definition) is 2. The van der Waals surface area contributed by atoms with Crippen molar-refractivity contribution in [1.82, 2.24) is 5.32 Å². The van der Waals surface area contributed by atoms with E-state index in [9.17, 15) is 9.18 Å². The summed E-state index contributed by atoms with van der Waals surface area (Å²) < 4.78 is 12.8. The van der Waals surface area contributed by atoms with Crippen molar-refractivity contribution >= 4 is 23.2 Å². The van der Waals surface area contributed by atoms with E-state index < -0.39 is 0 Å². The smallest absolute Gasteiger partial charge is 0.252 e. The minimum absolute atomic E-state index is 0.236. The van der Waals surface area contributed by atoms with E-state index in [-0.39, 0.29) is 11.7 Å². The Hall–Kier alpha value is -2.07. The zero-order valence-corrected chi connectivity index (χ0v) is 11.7. The predicted octanol–water partition coefficient (Wildman–Crippen LogP) is 3.45. The van der Waals surface area contributed by atoms with Crippen molar-refractivity contribution in [2.24, 2.45) is 0 Å². The quantitative estimate of drug-likeness (QED) is 0.906. The zero-order chi connectivity index (χ0) is 14.5. The Balaban J connectivity index is 2.10. The lowest BCUT2D eigenvalue weighted by Crippen LogP contribution is -2.18. The lowest BCUT2D eigenvalue weighted by atomic mass is 10.1. The van der Waals surface area contributed by atoms with Crippen molar-refractivity contribution < 1.29 is 9.18 Å². The van der Waals surface area contributed by atoms with Gasteiger partial charge in [0.1, 0.15) is 5.82 Å². The number of hydrogen-bond acceptors (Lipinski definition) is 2.